The average Bonchev–Trinajstić information content (AvgIpc) is 3.45. The molecule has 2 aromatic carbocycles. The summed E-state index contributed by atoms with van der Waals surface area (Å²) < 4.78 is 4.73. The van der Waals surface area contributed by atoms with Crippen molar-refractivity contribution in [3.8, 4) is 0 Å². The lowest BCUT2D eigenvalue weighted by molar-refractivity contribution is -0.141. The highest BCUT2D eigenvalue weighted by Crippen LogP contribution is 2.38. The Bertz CT molecular complexity index is 913. The summed E-state index contributed by atoms with van der Waals surface area (Å²) in [6.07, 6.45) is 0.887. The molecular weight excluding hydrogens is 392 g/mol. The Hall–Kier alpha value is -2.86. The monoisotopic (exact) mass is 414 g/mol. The fraction of sp³-hybridized carbons (Fsp3) is 0.318. The number of halogens is 1. The number of nitrogens with one attached hydrogen (secondary N) is 1. The highest BCUT2D eigenvalue weighted by molar-refractivity contribution is 6.30. The molecule has 7 heteroatoms. The van der Waals surface area contributed by atoms with Crippen LogP contribution < -0.4 is 5.32 Å². The molecule has 1 N–H and O–H groups in total. The molecule has 1 aliphatic carbocycles. The van der Waals surface area contributed by atoms with Crippen LogP contribution in [0.3, 0.4) is 0 Å². The Kier molecular flexibility index (Phi) is 6.54. The van der Waals surface area contributed by atoms with E-state index in [1.54, 1.807) is 48.5 Å². The van der Waals surface area contributed by atoms with E-state index in [1.807, 2.05) is 6.92 Å². The van der Waals surface area contributed by atoms with Gasteiger partial charge >= 0.3 is 5.97 Å². The summed E-state index contributed by atoms with van der Waals surface area (Å²) in [6.45, 7) is 2.07. The number of ether oxygens (including phenoxy) is 1. The number of hydrogen-bond donors (Lipinski definition) is 1. The Labute approximate surface area is 174 Å². The van der Waals surface area contributed by atoms with Crippen LogP contribution in [0.4, 0.5) is 5.69 Å². The third kappa shape index (κ3) is 5.57. The van der Waals surface area contributed by atoms with Gasteiger partial charge in [0.05, 0.1) is 7.11 Å². The molecule has 0 spiro atoms. The van der Waals surface area contributed by atoms with Crippen LogP contribution in [0.15, 0.2) is 48.5 Å². The van der Waals surface area contributed by atoms with E-state index in [-0.39, 0.29) is 30.8 Å². The third-order valence-corrected chi connectivity index (χ3v) is 5.20. The number of benzene rings is 2. The molecule has 152 valence electrons. The molecule has 2 aromatic rings. The second-order valence-corrected chi connectivity index (χ2v) is 7.69. The summed E-state index contributed by atoms with van der Waals surface area (Å²) in [6, 6.07) is 13.8. The average molecular weight is 415 g/mol. The fourth-order valence-corrected chi connectivity index (χ4v) is 3.19. The minimum Gasteiger partial charge on any atom is -0.468 e. The van der Waals surface area contributed by atoms with Gasteiger partial charge in [0.2, 0.25) is 5.91 Å². The van der Waals surface area contributed by atoms with Crippen molar-refractivity contribution in [2.45, 2.75) is 19.9 Å². The maximum absolute atomic E-state index is 13.1. The van der Waals surface area contributed by atoms with Crippen LogP contribution in [0.5, 0.6) is 0 Å². The van der Waals surface area contributed by atoms with Crippen LogP contribution in [0.1, 0.15) is 29.3 Å². The molecular formula is C22H23ClN2O4. The number of rotatable bonds is 7. The SMILES string of the molecule is COC(=O)CN(Cc1ccc(Cl)cc1)C(=O)c1cccc(NC(=O)C2CC2C)c1. The van der Waals surface area contributed by atoms with Gasteiger partial charge in [0, 0.05) is 28.7 Å². The largest absolute Gasteiger partial charge is 0.468 e. The van der Waals surface area contributed by atoms with Crippen molar-refractivity contribution in [2.24, 2.45) is 11.8 Å². The summed E-state index contributed by atoms with van der Waals surface area (Å²) in [5.74, 6) is -0.444. The van der Waals surface area contributed by atoms with E-state index in [0.717, 1.165) is 12.0 Å². The van der Waals surface area contributed by atoms with Crippen LogP contribution in [-0.4, -0.2) is 36.3 Å². The van der Waals surface area contributed by atoms with Gasteiger partial charge in [0.25, 0.3) is 5.91 Å². The van der Waals surface area contributed by atoms with Gasteiger partial charge in [-0.25, -0.2) is 0 Å². The molecule has 2 atom stereocenters. The molecule has 3 rings (SSSR count). The van der Waals surface area contributed by atoms with E-state index in [2.05, 4.69) is 5.32 Å². The molecule has 0 heterocycles. The van der Waals surface area contributed by atoms with Gasteiger partial charge in [-0.3, -0.25) is 14.4 Å². The number of methoxy groups -OCH3 is 1. The Morgan fingerprint density at radius 1 is 1.17 bits per heavy atom. The number of amides is 2. The van der Waals surface area contributed by atoms with E-state index in [4.69, 9.17) is 16.3 Å². The number of carbonyl (C=O) groups excluding carboxylic acids is 3. The summed E-state index contributed by atoms with van der Waals surface area (Å²) >= 11 is 5.92. The normalized spacial score (nSPS) is 17.3. The van der Waals surface area contributed by atoms with Crippen molar-refractivity contribution in [3.05, 3.63) is 64.7 Å². The first kappa shape index (κ1) is 20.9. The quantitative estimate of drug-likeness (QED) is 0.700. The van der Waals surface area contributed by atoms with Crippen LogP contribution in [0.2, 0.25) is 5.02 Å². The fourth-order valence-electron chi connectivity index (χ4n) is 3.07. The summed E-state index contributed by atoms with van der Waals surface area (Å²) in [7, 11) is 1.28. The van der Waals surface area contributed by atoms with Crippen molar-refractivity contribution < 1.29 is 19.1 Å². The van der Waals surface area contributed by atoms with Crippen molar-refractivity contribution in [1.82, 2.24) is 4.90 Å². The molecule has 2 amide bonds. The van der Waals surface area contributed by atoms with E-state index in [0.29, 0.717) is 22.2 Å². The van der Waals surface area contributed by atoms with Gasteiger partial charge in [-0.2, -0.15) is 0 Å². The maximum Gasteiger partial charge on any atom is 0.325 e. The molecule has 2 unspecified atom stereocenters. The summed E-state index contributed by atoms with van der Waals surface area (Å²) in [5.41, 5.74) is 1.77. The molecule has 1 aliphatic rings. The first-order valence-electron chi connectivity index (χ1n) is 9.39. The topological polar surface area (TPSA) is 75.7 Å². The Morgan fingerprint density at radius 3 is 2.48 bits per heavy atom. The zero-order valence-corrected chi connectivity index (χ0v) is 17.1. The number of nitrogens with zero attached hydrogens (tertiary/aromatic N) is 1. The molecule has 0 radical (unpaired) electrons. The van der Waals surface area contributed by atoms with Crippen LogP contribution in [0, 0.1) is 11.8 Å². The van der Waals surface area contributed by atoms with Gasteiger partial charge in [0.1, 0.15) is 6.54 Å². The smallest absolute Gasteiger partial charge is 0.325 e. The number of carbonyl (C=O) groups is 3. The van der Waals surface area contributed by atoms with Gasteiger partial charge in [-0.15, -0.1) is 0 Å². The minimum atomic E-state index is -0.514. The minimum absolute atomic E-state index is 0.0327. The van der Waals surface area contributed by atoms with Crippen molar-refractivity contribution in [1.29, 1.82) is 0 Å². The van der Waals surface area contributed by atoms with Crippen molar-refractivity contribution in [2.75, 3.05) is 19.0 Å². The van der Waals surface area contributed by atoms with Crippen molar-refractivity contribution >= 4 is 35.1 Å². The molecule has 0 saturated heterocycles. The zero-order chi connectivity index (χ0) is 21.0. The predicted octanol–water partition coefficient (Wildman–Crippen LogP) is 3.75. The summed E-state index contributed by atoms with van der Waals surface area (Å²) in [5, 5.41) is 3.45. The first-order valence-corrected chi connectivity index (χ1v) is 9.76. The molecule has 0 aromatic heterocycles. The molecule has 6 nitrogen and oxygen atoms in total. The summed E-state index contributed by atoms with van der Waals surface area (Å²) in [4.78, 5) is 38.5. The van der Waals surface area contributed by atoms with E-state index in [9.17, 15) is 14.4 Å². The number of esters is 1. The second kappa shape index (κ2) is 9.09. The highest BCUT2D eigenvalue weighted by Gasteiger charge is 2.39. The third-order valence-electron chi connectivity index (χ3n) is 4.94. The van der Waals surface area contributed by atoms with E-state index < -0.39 is 5.97 Å². The lowest BCUT2D eigenvalue weighted by Gasteiger charge is -2.22. The Balaban J connectivity index is 1.77. The van der Waals surface area contributed by atoms with Gasteiger partial charge in [-0.1, -0.05) is 36.7 Å². The van der Waals surface area contributed by atoms with Gasteiger partial charge < -0.3 is 15.0 Å². The lowest BCUT2D eigenvalue weighted by Crippen LogP contribution is -2.35. The van der Waals surface area contributed by atoms with E-state index >= 15 is 0 Å². The lowest BCUT2D eigenvalue weighted by atomic mass is 10.1. The number of anilines is 1. The molecule has 1 saturated carbocycles. The number of hydrogen-bond acceptors (Lipinski definition) is 4. The van der Waals surface area contributed by atoms with Crippen molar-refractivity contribution in [3.63, 3.8) is 0 Å². The van der Waals surface area contributed by atoms with E-state index in [1.165, 1.54) is 12.0 Å². The molecule has 0 bridgehead atoms. The molecule has 1 fully saturated rings. The standard InChI is InChI=1S/C22H23ClN2O4/c1-14-10-19(14)21(27)24-18-5-3-4-16(11-18)22(28)25(13-20(26)29-2)12-15-6-8-17(23)9-7-15/h3-9,11,14,19H,10,12-13H2,1-2H3,(H,24,27). The van der Waals surface area contributed by atoms with Crippen LogP contribution in [0.25, 0.3) is 0 Å². The molecule has 0 aliphatic heterocycles. The predicted molar refractivity (Wildman–Crippen MR) is 111 cm³/mol. The van der Waals surface area contributed by atoms with Gasteiger partial charge in [-0.05, 0) is 48.2 Å². The second-order valence-electron chi connectivity index (χ2n) is 7.25. The Morgan fingerprint density at radius 2 is 1.86 bits per heavy atom. The van der Waals surface area contributed by atoms with Gasteiger partial charge in [0.15, 0.2) is 0 Å². The maximum atomic E-state index is 13.1. The molecule has 29 heavy (non-hydrogen) atoms. The van der Waals surface area contributed by atoms with Crippen LogP contribution in [-0.2, 0) is 20.9 Å². The van der Waals surface area contributed by atoms with Crippen LogP contribution >= 0.6 is 11.6 Å². The zero-order valence-electron chi connectivity index (χ0n) is 16.4. The highest BCUT2D eigenvalue weighted by atomic mass is 35.5. The first-order chi connectivity index (χ1) is 13.9.